The van der Waals surface area contributed by atoms with Crippen molar-refractivity contribution in [3.8, 4) is 22.9 Å². The second kappa shape index (κ2) is 8.50. The van der Waals surface area contributed by atoms with Crippen LogP contribution in [-0.4, -0.2) is 66.6 Å². The molecule has 0 aliphatic carbocycles. The van der Waals surface area contributed by atoms with E-state index < -0.39 is 15.6 Å². The van der Waals surface area contributed by atoms with Crippen LogP contribution in [0.15, 0.2) is 59.9 Å². The van der Waals surface area contributed by atoms with E-state index in [0.29, 0.717) is 42.5 Å². The Morgan fingerprint density at radius 2 is 1.83 bits per heavy atom. The molecule has 1 aromatic carbocycles. The van der Waals surface area contributed by atoms with Crippen molar-refractivity contribution in [3.05, 3.63) is 60.0 Å². The number of halogens is 1. The first-order valence-electron chi connectivity index (χ1n) is 11.3. The van der Waals surface area contributed by atoms with Crippen LogP contribution in [0, 0.1) is 0 Å². The molecule has 0 bridgehead atoms. The lowest BCUT2D eigenvalue weighted by molar-refractivity contribution is 0.0833. The van der Waals surface area contributed by atoms with Crippen LogP contribution < -0.4 is 9.47 Å². The molecule has 5 heterocycles. The van der Waals surface area contributed by atoms with E-state index in [2.05, 4.69) is 14.5 Å². The van der Waals surface area contributed by atoms with Crippen LogP contribution in [0.3, 0.4) is 0 Å². The van der Waals surface area contributed by atoms with Gasteiger partial charge in [-0.2, -0.15) is 4.31 Å². The molecule has 0 saturated carbocycles. The largest absolute Gasteiger partial charge is 0.468 e. The zero-order valence-electron chi connectivity index (χ0n) is 18.9. The number of aromatic nitrogens is 4. The SMILES string of the molecule is [B]C1([B])Oc2ccc(S(=O)(=O)N3CCC(n4c(-c5ccncc5Cl)nc5cccnc54)CC3)cc2O1. The molecule has 13 heteroatoms. The van der Waals surface area contributed by atoms with E-state index in [1.807, 2.05) is 18.2 Å². The number of piperidine rings is 1. The third-order valence-electron chi connectivity index (χ3n) is 6.34. The lowest BCUT2D eigenvalue weighted by Gasteiger charge is -2.32. The van der Waals surface area contributed by atoms with E-state index in [0.717, 1.165) is 16.7 Å². The van der Waals surface area contributed by atoms with Gasteiger partial charge in [-0.15, -0.1) is 0 Å². The van der Waals surface area contributed by atoms with E-state index in [1.54, 1.807) is 18.6 Å². The Kier molecular flexibility index (Phi) is 5.51. The molecule has 3 aromatic heterocycles. The number of pyridine rings is 2. The number of benzene rings is 1. The van der Waals surface area contributed by atoms with Crippen LogP contribution in [0.1, 0.15) is 18.9 Å². The molecule has 0 atom stereocenters. The number of sulfonamides is 1. The number of imidazole rings is 1. The van der Waals surface area contributed by atoms with Crippen LogP contribution in [0.2, 0.25) is 5.02 Å². The summed E-state index contributed by atoms with van der Waals surface area (Å²) in [6, 6.07) is 9.85. The van der Waals surface area contributed by atoms with Crippen LogP contribution >= 0.6 is 11.6 Å². The fourth-order valence-corrected chi connectivity index (χ4v) is 6.38. The lowest BCUT2D eigenvalue weighted by atomic mass is 9.76. The molecule has 2 aliphatic rings. The highest BCUT2D eigenvalue weighted by Crippen LogP contribution is 2.40. The number of hydrogen-bond donors (Lipinski definition) is 0. The third kappa shape index (κ3) is 3.93. The van der Waals surface area contributed by atoms with Gasteiger partial charge in [0.25, 0.3) is 0 Å². The second-order valence-electron chi connectivity index (χ2n) is 8.68. The molecule has 0 amide bonds. The summed E-state index contributed by atoms with van der Waals surface area (Å²) in [4.78, 5) is 13.5. The average Bonchev–Trinajstić information content (AvgIpc) is 3.39. The highest BCUT2D eigenvalue weighted by molar-refractivity contribution is 7.89. The maximum absolute atomic E-state index is 13.4. The Morgan fingerprint density at radius 3 is 2.61 bits per heavy atom. The van der Waals surface area contributed by atoms with Gasteiger partial charge in [-0.05, 0) is 43.2 Å². The molecule has 1 saturated heterocycles. The predicted molar refractivity (Wildman–Crippen MR) is 135 cm³/mol. The summed E-state index contributed by atoms with van der Waals surface area (Å²) in [5.74, 6) is 1.16. The first-order chi connectivity index (χ1) is 17.2. The maximum Gasteiger partial charge on any atom is 0.243 e. The fraction of sp³-hybridized carbons (Fsp3) is 0.261. The van der Waals surface area contributed by atoms with Crippen LogP contribution in [0.4, 0.5) is 0 Å². The zero-order chi connectivity index (χ0) is 25.1. The van der Waals surface area contributed by atoms with Crippen molar-refractivity contribution in [2.24, 2.45) is 0 Å². The van der Waals surface area contributed by atoms with Crippen LogP contribution in [-0.2, 0) is 10.0 Å². The molecule has 1 fully saturated rings. The zero-order valence-corrected chi connectivity index (χ0v) is 20.5. The van der Waals surface area contributed by atoms with Gasteiger partial charge in [-0.3, -0.25) is 4.98 Å². The summed E-state index contributed by atoms with van der Waals surface area (Å²) in [6.45, 7) is 0.629. The quantitative estimate of drug-likeness (QED) is 0.384. The molecule has 36 heavy (non-hydrogen) atoms. The highest BCUT2D eigenvalue weighted by Gasteiger charge is 2.35. The van der Waals surface area contributed by atoms with E-state index >= 15 is 0 Å². The summed E-state index contributed by atoms with van der Waals surface area (Å²) >= 11 is 6.45. The minimum atomic E-state index is -3.78. The average molecular weight is 518 g/mol. The number of hydrogen-bond acceptors (Lipinski definition) is 7. The Bertz CT molecular complexity index is 1590. The molecule has 178 valence electrons. The molecular weight excluding hydrogens is 499 g/mol. The lowest BCUT2D eigenvalue weighted by Crippen LogP contribution is -2.39. The van der Waals surface area contributed by atoms with E-state index in [-0.39, 0.29) is 16.7 Å². The van der Waals surface area contributed by atoms with Crippen LogP contribution in [0.5, 0.6) is 11.5 Å². The van der Waals surface area contributed by atoms with Gasteiger partial charge in [-0.1, -0.05) is 11.6 Å². The number of rotatable bonds is 4. The highest BCUT2D eigenvalue weighted by atomic mass is 35.5. The minimum Gasteiger partial charge on any atom is -0.468 e. The van der Waals surface area contributed by atoms with Crippen molar-refractivity contribution in [3.63, 3.8) is 0 Å². The molecule has 0 spiro atoms. The molecule has 0 unspecified atom stereocenters. The Hall–Kier alpha value is -3.08. The van der Waals surface area contributed by atoms with Crippen molar-refractivity contribution >= 4 is 48.5 Å². The molecule has 4 aromatic rings. The van der Waals surface area contributed by atoms with Gasteiger partial charge in [0, 0.05) is 49.4 Å². The normalized spacial score (nSPS) is 18.0. The van der Waals surface area contributed by atoms with Gasteiger partial charge in [0.05, 0.1) is 9.92 Å². The van der Waals surface area contributed by atoms with Gasteiger partial charge in [0.2, 0.25) is 10.0 Å². The summed E-state index contributed by atoms with van der Waals surface area (Å²) in [5.41, 5.74) is 0.396. The molecular formula is C23H18B2ClN5O4S. The molecule has 4 radical (unpaired) electrons. The monoisotopic (exact) mass is 517 g/mol. The van der Waals surface area contributed by atoms with Gasteiger partial charge in [0.1, 0.15) is 11.3 Å². The Balaban J connectivity index is 1.29. The summed E-state index contributed by atoms with van der Waals surface area (Å²) in [6.07, 6.45) is 6.09. The first kappa shape index (κ1) is 23.3. The predicted octanol–water partition coefficient (Wildman–Crippen LogP) is 2.89. The van der Waals surface area contributed by atoms with Crippen molar-refractivity contribution in [2.45, 2.75) is 29.4 Å². The summed E-state index contributed by atoms with van der Waals surface area (Å²) in [7, 11) is 7.51. The van der Waals surface area contributed by atoms with Crippen molar-refractivity contribution in [2.75, 3.05) is 13.1 Å². The topological polar surface area (TPSA) is 99.4 Å². The molecule has 9 nitrogen and oxygen atoms in total. The standard InChI is InChI=1S/C23H18B2ClN5O4S/c24-23(25)34-19-4-3-15(12-20(19)35-23)36(32,33)30-10-6-14(7-11-30)31-21(16-5-9-27-13-17(16)26)29-18-2-1-8-28-22(18)31/h1-5,8-9,12-14H,6-7,10-11H2. The molecule has 2 aliphatic heterocycles. The minimum absolute atomic E-state index is 0.0255. The van der Waals surface area contributed by atoms with Crippen LogP contribution in [0.25, 0.3) is 22.6 Å². The van der Waals surface area contributed by atoms with E-state index in [4.69, 9.17) is 41.8 Å². The van der Waals surface area contributed by atoms with Gasteiger partial charge in [-0.25, -0.2) is 18.4 Å². The Labute approximate surface area is 215 Å². The van der Waals surface area contributed by atoms with E-state index in [9.17, 15) is 8.42 Å². The third-order valence-corrected chi connectivity index (χ3v) is 8.54. The number of nitrogens with zero attached hydrogens (tertiary/aromatic N) is 5. The first-order valence-corrected chi connectivity index (χ1v) is 13.1. The fourth-order valence-electron chi connectivity index (χ4n) is 4.69. The second-order valence-corrected chi connectivity index (χ2v) is 11.0. The smallest absolute Gasteiger partial charge is 0.243 e. The van der Waals surface area contributed by atoms with E-state index in [1.165, 1.54) is 22.5 Å². The molecule has 6 rings (SSSR count). The molecule has 0 N–H and O–H groups in total. The number of ether oxygens (including phenoxy) is 2. The Morgan fingerprint density at radius 1 is 1.06 bits per heavy atom. The van der Waals surface area contributed by atoms with Crippen molar-refractivity contribution in [1.82, 2.24) is 23.8 Å². The van der Waals surface area contributed by atoms with Gasteiger partial charge >= 0.3 is 0 Å². The van der Waals surface area contributed by atoms with Crippen molar-refractivity contribution < 1.29 is 17.9 Å². The van der Waals surface area contributed by atoms with Crippen molar-refractivity contribution in [1.29, 1.82) is 0 Å². The summed E-state index contributed by atoms with van der Waals surface area (Å²) < 4.78 is 40.9. The summed E-state index contributed by atoms with van der Waals surface area (Å²) in [5, 5.41) is 0.482. The van der Waals surface area contributed by atoms with Gasteiger partial charge < -0.3 is 14.0 Å². The van der Waals surface area contributed by atoms with Gasteiger partial charge in [0.15, 0.2) is 38.4 Å². The maximum atomic E-state index is 13.4. The number of fused-ring (bicyclic) bond motifs is 2.